The molecule has 0 saturated carbocycles. The second-order valence-electron chi connectivity index (χ2n) is 5.80. The Morgan fingerprint density at radius 3 is 3.05 bits per heavy atom. The fourth-order valence-corrected chi connectivity index (χ4v) is 3.81. The summed E-state index contributed by atoms with van der Waals surface area (Å²) in [6, 6.07) is 0. The van der Waals surface area contributed by atoms with Gasteiger partial charge in [0.2, 0.25) is 0 Å². The maximum absolute atomic E-state index is 11.0. The number of imidazole rings is 1. The minimum Gasteiger partial charge on any atom is -0.481 e. The molecule has 0 fully saturated rings. The van der Waals surface area contributed by atoms with E-state index in [-0.39, 0.29) is 6.42 Å². The lowest BCUT2D eigenvalue weighted by atomic mass is 10.1. The van der Waals surface area contributed by atoms with Crippen molar-refractivity contribution in [2.75, 3.05) is 13.1 Å². The zero-order chi connectivity index (χ0) is 14.3. The maximum Gasteiger partial charge on any atom is 0.309 e. The third-order valence-electron chi connectivity index (χ3n) is 3.61. The van der Waals surface area contributed by atoms with Crippen molar-refractivity contribution < 1.29 is 9.90 Å². The monoisotopic (exact) mass is 293 g/mol. The molecule has 0 atom stereocenters. The summed E-state index contributed by atoms with van der Waals surface area (Å²) in [7, 11) is 0. The Kier molecular flexibility index (Phi) is 3.52. The fraction of sp³-hybridized carbons (Fsp3) is 0.571. The summed E-state index contributed by atoms with van der Waals surface area (Å²) >= 11 is 1.53. The number of aromatic nitrogens is 2. The fourth-order valence-electron chi connectivity index (χ4n) is 2.89. The zero-order valence-electron chi connectivity index (χ0n) is 11.8. The van der Waals surface area contributed by atoms with E-state index in [4.69, 9.17) is 5.11 Å². The molecule has 3 heterocycles. The molecule has 6 heteroatoms. The molecule has 0 aliphatic carbocycles. The second-order valence-corrected chi connectivity index (χ2v) is 6.64. The second kappa shape index (κ2) is 5.18. The van der Waals surface area contributed by atoms with Gasteiger partial charge in [-0.05, 0) is 5.92 Å². The third kappa shape index (κ3) is 2.45. The van der Waals surface area contributed by atoms with E-state index < -0.39 is 5.97 Å². The molecule has 1 aliphatic rings. The van der Waals surface area contributed by atoms with Gasteiger partial charge in [0.25, 0.3) is 0 Å². The Hall–Kier alpha value is -1.40. The van der Waals surface area contributed by atoms with Crippen LogP contribution in [-0.4, -0.2) is 38.4 Å². The van der Waals surface area contributed by atoms with E-state index >= 15 is 0 Å². The van der Waals surface area contributed by atoms with E-state index in [0.29, 0.717) is 5.92 Å². The summed E-state index contributed by atoms with van der Waals surface area (Å²) in [6.45, 7) is 7.44. The average Bonchev–Trinajstić information content (AvgIpc) is 2.88. The van der Waals surface area contributed by atoms with Gasteiger partial charge in [0, 0.05) is 37.1 Å². The molecule has 20 heavy (non-hydrogen) atoms. The van der Waals surface area contributed by atoms with Crippen LogP contribution in [0.25, 0.3) is 4.96 Å². The quantitative estimate of drug-likeness (QED) is 0.937. The molecule has 1 N–H and O–H groups in total. The summed E-state index contributed by atoms with van der Waals surface area (Å²) in [5.41, 5.74) is 3.17. The lowest BCUT2D eigenvalue weighted by molar-refractivity contribution is -0.136. The van der Waals surface area contributed by atoms with Gasteiger partial charge >= 0.3 is 5.97 Å². The van der Waals surface area contributed by atoms with Crippen molar-refractivity contribution in [1.29, 1.82) is 0 Å². The van der Waals surface area contributed by atoms with E-state index in [2.05, 4.69) is 28.1 Å². The van der Waals surface area contributed by atoms with Crippen LogP contribution in [0.15, 0.2) is 5.38 Å². The van der Waals surface area contributed by atoms with E-state index in [9.17, 15) is 4.79 Å². The van der Waals surface area contributed by atoms with E-state index in [0.717, 1.165) is 42.4 Å². The highest BCUT2D eigenvalue weighted by molar-refractivity contribution is 7.15. The first-order valence-electron chi connectivity index (χ1n) is 6.95. The van der Waals surface area contributed by atoms with E-state index in [1.165, 1.54) is 17.0 Å². The largest absolute Gasteiger partial charge is 0.481 e. The van der Waals surface area contributed by atoms with Crippen LogP contribution in [0, 0.1) is 5.92 Å². The molecule has 108 valence electrons. The SMILES string of the molecule is CC(C)CN1CCc2nc3scc(CC(=O)O)n3c2C1. The summed E-state index contributed by atoms with van der Waals surface area (Å²) < 4.78 is 2.06. The van der Waals surface area contributed by atoms with Crippen molar-refractivity contribution in [3.05, 3.63) is 22.5 Å². The Labute approximate surface area is 121 Å². The lowest BCUT2D eigenvalue weighted by Crippen LogP contribution is -2.34. The van der Waals surface area contributed by atoms with Gasteiger partial charge in [0.05, 0.1) is 17.8 Å². The minimum atomic E-state index is -0.790. The molecular weight excluding hydrogens is 274 g/mol. The van der Waals surface area contributed by atoms with Crippen molar-refractivity contribution in [2.45, 2.75) is 33.2 Å². The van der Waals surface area contributed by atoms with Gasteiger partial charge in [0.15, 0.2) is 4.96 Å². The number of carboxylic acid groups (broad SMARTS) is 1. The van der Waals surface area contributed by atoms with Gasteiger partial charge in [-0.25, -0.2) is 4.98 Å². The molecule has 0 saturated heterocycles. The number of thiazole rings is 1. The first-order valence-corrected chi connectivity index (χ1v) is 7.83. The highest BCUT2D eigenvalue weighted by Crippen LogP contribution is 2.26. The van der Waals surface area contributed by atoms with E-state index in [1.54, 1.807) is 0 Å². The molecule has 2 aromatic heterocycles. The molecule has 0 spiro atoms. The molecular formula is C14H19N3O2S. The number of hydrogen-bond donors (Lipinski definition) is 1. The topological polar surface area (TPSA) is 57.8 Å². The normalized spacial score (nSPS) is 15.9. The van der Waals surface area contributed by atoms with Gasteiger partial charge in [-0.15, -0.1) is 11.3 Å². The third-order valence-corrected chi connectivity index (χ3v) is 4.48. The highest BCUT2D eigenvalue weighted by Gasteiger charge is 2.24. The number of fused-ring (bicyclic) bond motifs is 3. The van der Waals surface area contributed by atoms with Crippen LogP contribution in [0.5, 0.6) is 0 Å². The van der Waals surface area contributed by atoms with Crippen LogP contribution in [-0.2, 0) is 24.2 Å². The highest BCUT2D eigenvalue weighted by atomic mass is 32.1. The van der Waals surface area contributed by atoms with Crippen LogP contribution in [0.1, 0.15) is 30.9 Å². The molecule has 0 amide bonds. The number of nitrogens with zero attached hydrogens (tertiary/aromatic N) is 3. The number of carbonyl (C=O) groups is 1. The van der Waals surface area contributed by atoms with Crippen LogP contribution in [0.3, 0.4) is 0 Å². The smallest absolute Gasteiger partial charge is 0.309 e. The van der Waals surface area contributed by atoms with Crippen LogP contribution in [0.4, 0.5) is 0 Å². The average molecular weight is 293 g/mol. The Morgan fingerprint density at radius 1 is 1.55 bits per heavy atom. The minimum absolute atomic E-state index is 0.0625. The van der Waals surface area contributed by atoms with Gasteiger partial charge in [-0.3, -0.25) is 14.1 Å². The van der Waals surface area contributed by atoms with Crippen molar-refractivity contribution in [2.24, 2.45) is 5.92 Å². The number of carboxylic acids is 1. The summed E-state index contributed by atoms with van der Waals surface area (Å²) in [5, 5.41) is 10.9. The van der Waals surface area contributed by atoms with Gasteiger partial charge in [-0.2, -0.15) is 0 Å². The Morgan fingerprint density at radius 2 is 2.35 bits per heavy atom. The van der Waals surface area contributed by atoms with Crippen molar-refractivity contribution in [3.63, 3.8) is 0 Å². The summed E-state index contributed by atoms with van der Waals surface area (Å²) in [4.78, 5) is 19.0. The number of aliphatic carboxylic acids is 1. The summed E-state index contributed by atoms with van der Waals surface area (Å²) in [5.74, 6) is -0.150. The predicted molar refractivity (Wildman–Crippen MR) is 78.2 cm³/mol. The zero-order valence-corrected chi connectivity index (χ0v) is 12.6. The van der Waals surface area contributed by atoms with Crippen molar-refractivity contribution >= 4 is 22.3 Å². The molecule has 3 rings (SSSR count). The van der Waals surface area contributed by atoms with Crippen LogP contribution < -0.4 is 0 Å². The lowest BCUT2D eigenvalue weighted by Gasteiger charge is -2.28. The number of rotatable bonds is 4. The molecule has 1 aliphatic heterocycles. The molecule has 0 unspecified atom stereocenters. The van der Waals surface area contributed by atoms with Crippen molar-refractivity contribution in [1.82, 2.24) is 14.3 Å². The van der Waals surface area contributed by atoms with Crippen molar-refractivity contribution in [3.8, 4) is 0 Å². The Bertz CT molecular complexity index is 644. The van der Waals surface area contributed by atoms with Crippen LogP contribution in [0.2, 0.25) is 0 Å². The predicted octanol–water partition coefficient (Wildman–Crippen LogP) is 2.04. The molecule has 0 bridgehead atoms. The number of hydrogen-bond acceptors (Lipinski definition) is 4. The first-order chi connectivity index (χ1) is 9.54. The molecule has 0 radical (unpaired) electrons. The molecule has 2 aromatic rings. The molecule has 5 nitrogen and oxygen atoms in total. The maximum atomic E-state index is 11.0. The Balaban J connectivity index is 1.95. The van der Waals surface area contributed by atoms with Gasteiger partial charge in [-0.1, -0.05) is 13.8 Å². The molecule has 0 aromatic carbocycles. The standard InChI is InChI=1S/C14H19N3O2S/c1-9(2)6-16-4-3-11-12(7-16)17-10(5-13(18)19)8-20-14(17)15-11/h8-9H,3-7H2,1-2H3,(H,18,19). The van der Waals surface area contributed by atoms with E-state index in [1.807, 2.05) is 5.38 Å². The van der Waals surface area contributed by atoms with Gasteiger partial charge in [0.1, 0.15) is 0 Å². The first kappa shape index (κ1) is 13.6. The van der Waals surface area contributed by atoms with Gasteiger partial charge < -0.3 is 5.11 Å². The summed E-state index contributed by atoms with van der Waals surface area (Å²) in [6.07, 6.45) is 1.02. The van der Waals surface area contributed by atoms with Crippen LogP contribution >= 0.6 is 11.3 Å².